The number of aldehydes is 1. The van der Waals surface area contributed by atoms with E-state index in [1.807, 2.05) is 30.3 Å². The van der Waals surface area contributed by atoms with E-state index in [0.29, 0.717) is 16.8 Å². The zero-order chi connectivity index (χ0) is 17.9. The molecule has 4 heteroatoms. The Morgan fingerprint density at radius 3 is 2.46 bits per heavy atom. The summed E-state index contributed by atoms with van der Waals surface area (Å²) in [5.41, 5.74) is 3.51. The van der Waals surface area contributed by atoms with Crippen molar-refractivity contribution in [3.63, 3.8) is 0 Å². The lowest BCUT2D eigenvalue weighted by molar-refractivity contribution is 0.102. The third-order valence-corrected chi connectivity index (χ3v) is 5.15. The maximum atomic E-state index is 12.4. The van der Waals surface area contributed by atoms with Crippen molar-refractivity contribution in [1.82, 2.24) is 0 Å². The van der Waals surface area contributed by atoms with E-state index in [4.69, 9.17) is 0 Å². The molecule has 0 radical (unpaired) electrons. The van der Waals surface area contributed by atoms with Gasteiger partial charge in [-0.25, -0.2) is 0 Å². The molecule has 0 bridgehead atoms. The van der Waals surface area contributed by atoms with Crippen LogP contribution in [0, 0.1) is 0 Å². The Balaban J connectivity index is 1.71. The lowest BCUT2D eigenvalue weighted by Gasteiger charge is -2.11. The van der Waals surface area contributed by atoms with E-state index in [2.05, 4.69) is 35.0 Å². The van der Waals surface area contributed by atoms with Crippen LogP contribution >= 0.6 is 11.3 Å². The van der Waals surface area contributed by atoms with E-state index < -0.39 is 0 Å². The highest BCUT2D eigenvalue weighted by molar-refractivity contribution is 7.17. The van der Waals surface area contributed by atoms with Crippen molar-refractivity contribution < 1.29 is 9.59 Å². The molecular weight excluding hydrogens is 342 g/mol. The molecule has 0 aliphatic carbocycles. The van der Waals surface area contributed by atoms with Crippen LogP contribution in [0.4, 0.5) is 5.69 Å². The Hall–Kier alpha value is -3.24. The molecule has 0 atom stereocenters. The van der Waals surface area contributed by atoms with Gasteiger partial charge < -0.3 is 5.32 Å². The molecule has 0 saturated heterocycles. The zero-order valence-corrected chi connectivity index (χ0v) is 14.6. The number of amides is 1. The topological polar surface area (TPSA) is 46.2 Å². The van der Waals surface area contributed by atoms with Crippen molar-refractivity contribution in [2.24, 2.45) is 0 Å². The first kappa shape index (κ1) is 16.2. The van der Waals surface area contributed by atoms with E-state index in [-0.39, 0.29) is 5.91 Å². The number of hydrogen-bond donors (Lipinski definition) is 1. The van der Waals surface area contributed by atoms with Gasteiger partial charge in [-0.3, -0.25) is 9.59 Å². The molecule has 4 aromatic rings. The van der Waals surface area contributed by atoms with Gasteiger partial charge in [0.05, 0.1) is 5.69 Å². The molecule has 26 heavy (non-hydrogen) atoms. The molecule has 1 aromatic heterocycles. The van der Waals surface area contributed by atoms with E-state index in [1.165, 1.54) is 10.1 Å². The lowest BCUT2D eigenvalue weighted by Crippen LogP contribution is -2.13. The number of anilines is 1. The van der Waals surface area contributed by atoms with E-state index in [9.17, 15) is 9.59 Å². The molecule has 1 amide bonds. The van der Waals surface area contributed by atoms with Crippen LogP contribution in [0.1, 0.15) is 20.7 Å². The van der Waals surface area contributed by atoms with Crippen molar-refractivity contribution in [1.29, 1.82) is 0 Å². The van der Waals surface area contributed by atoms with Crippen LogP contribution in [0.3, 0.4) is 0 Å². The summed E-state index contributed by atoms with van der Waals surface area (Å²) in [5, 5.41) is 6.10. The average Bonchev–Trinajstić information content (AvgIpc) is 3.16. The highest BCUT2D eigenvalue weighted by Gasteiger charge is 2.11. The van der Waals surface area contributed by atoms with Gasteiger partial charge in [0.1, 0.15) is 0 Å². The summed E-state index contributed by atoms with van der Waals surface area (Å²) in [7, 11) is 0. The minimum Gasteiger partial charge on any atom is -0.321 e. The second kappa shape index (κ2) is 6.94. The Kier molecular flexibility index (Phi) is 4.33. The Labute approximate surface area is 154 Å². The molecule has 0 fully saturated rings. The first-order valence-electron chi connectivity index (χ1n) is 8.18. The minimum absolute atomic E-state index is 0.237. The third kappa shape index (κ3) is 3.15. The monoisotopic (exact) mass is 357 g/mol. The van der Waals surface area contributed by atoms with Crippen LogP contribution < -0.4 is 5.32 Å². The van der Waals surface area contributed by atoms with E-state index >= 15 is 0 Å². The van der Waals surface area contributed by atoms with Gasteiger partial charge in [-0.2, -0.15) is 0 Å². The van der Waals surface area contributed by atoms with E-state index in [0.717, 1.165) is 17.4 Å². The van der Waals surface area contributed by atoms with Gasteiger partial charge in [0.15, 0.2) is 6.29 Å². The molecule has 0 unspecified atom stereocenters. The van der Waals surface area contributed by atoms with Crippen molar-refractivity contribution in [2.75, 3.05) is 5.32 Å². The fourth-order valence-corrected chi connectivity index (χ4v) is 3.65. The summed E-state index contributed by atoms with van der Waals surface area (Å²) in [6.45, 7) is 0. The summed E-state index contributed by atoms with van der Waals surface area (Å²) >= 11 is 1.70. The fourth-order valence-electron chi connectivity index (χ4n) is 2.88. The SMILES string of the molecule is O=Cc1ccc(-c2ccc3sccc3c2)cc1NC(=O)c1ccccc1. The van der Waals surface area contributed by atoms with Gasteiger partial charge >= 0.3 is 0 Å². The molecule has 1 heterocycles. The van der Waals surface area contributed by atoms with Gasteiger partial charge in [0.2, 0.25) is 0 Å². The van der Waals surface area contributed by atoms with Crippen LogP contribution in [-0.2, 0) is 0 Å². The number of carbonyl (C=O) groups is 2. The molecule has 1 N–H and O–H groups in total. The lowest BCUT2D eigenvalue weighted by atomic mass is 10.0. The van der Waals surface area contributed by atoms with Gasteiger partial charge in [0.25, 0.3) is 5.91 Å². The molecule has 0 aliphatic rings. The number of rotatable bonds is 4. The number of nitrogens with one attached hydrogen (secondary N) is 1. The van der Waals surface area contributed by atoms with Crippen LogP contribution in [-0.4, -0.2) is 12.2 Å². The molecule has 3 aromatic carbocycles. The highest BCUT2D eigenvalue weighted by atomic mass is 32.1. The smallest absolute Gasteiger partial charge is 0.255 e. The van der Waals surface area contributed by atoms with Crippen molar-refractivity contribution in [3.8, 4) is 11.1 Å². The quantitative estimate of drug-likeness (QED) is 0.481. The van der Waals surface area contributed by atoms with Crippen molar-refractivity contribution in [3.05, 3.63) is 89.3 Å². The normalized spacial score (nSPS) is 10.6. The standard InChI is InChI=1S/C22H15NO2S/c24-14-19-7-6-17(16-8-9-21-18(12-16)10-11-26-21)13-20(19)23-22(25)15-4-2-1-3-5-15/h1-14H,(H,23,25). The summed E-state index contributed by atoms with van der Waals surface area (Å²) in [4.78, 5) is 23.8. The van der Waals surface area contributed by atoms with Gasteiger partial charge in [-0.05, 0) is 64.4 Å². The van der Waals surface area contributed by atoms with Crippen LogP contribution in [0.5, 0.6) is 0 Å². The van der Waals surface area contributed by atoms with Gasteiger partial charge in [0, 0.05) is 15.8 Å². The fraction of sp³-hybridized carbons (Fsp3) is 0. The molecule has 0 saturated carbocycles. The molecule has 4 rings (SSSR count). The summed E-state index contributed by atoms with van der Waals surface area (Å²) < 4.78 is 1.23. The Morgan fingerprint density at radius 2 is 1.65 bits per heavy atom. The molecule has 0 aliphatic heterocycles. The largest absolute Gasteiger partial charge is 0.321 e. The second-order valence-corrected chi connectivity index (χ2v) is 6.86. The summed E-state index contributed by atoms with van der Waals surface area (Å²) in [6.07, 6.45) is 0.756. The second-order valence-electron chi connectivity index (χ2n) is 5.91. The molecule has 126 valence electrons. The number of hydrogen-bond acceptors (Lipinski definition) is 3. The van der Waals surface area contributed by atoms with Gasteiger partial charge in [-0.15, -0.1) is 11.3 Å². The zero-order valence-electron chi connectivity index (χ0n) is 13.8. The van der Waals surface area contributed by atoms with Crippen molar-refractivity contribution in [2.45, 2.75) is 0 Å². The van der Waals surface area contributed by atoms with E-state index in [1.54, 1.807) is 29.5 Å². The first-order chi connectivity index (χ1) is 12.7. The number of carbonyl (C=O) groups excluding carboxylic acids is 2. The maximum absolute atomic E-state index is 12.4. The Morgan fingerprint density at radius 1 is 0.885 bits per heavy atom. The van der Waals surface area contributed by atoms with Crippen LogP contribution in [0.25, 0.3) is 21.2 Å². The Bertz CT molecular complexity index is 1100. The third-order valence-electron chi connectivity index (χ3n) is 4.25. The first-order valence-corrected chi connectivity index (χ1v) is 9.06. The van der Waals surface area contributed by atoms with Crippen molar-refractivity contribution >= 4 is 39.3 Å². The highest BCUT2D eigenvalue weighted by Crippen LogP contribution is 2.30. The number of thiophene rings is 1. The maximum Gasteiger partial charge on any atom is 0.255 e. The van der Waals surface area contributed by atoms with Gasteiger partial charge in [-0.1, -0.05) is 30.3 Å². The summed E-state index contributed by atoms with van der Waals surface area (Å²) in [5.74, 6) is -0.237. The average molecular weight is 357 g/mol. The summed E-state index contributed by atoms with van der Waals surface area (Å²) in [6, 6.07) is 22.8. The van der Waals surface area contributed by atoms with Crippen LogP contribution in [0.2, 0.25) is 0 Å². The molecule has 3 nitrogen and oxygen atoms in total. The number of fused-ring (bicyclic) bond motifs is 1. The predicted molar refractivity (Wildman–Crippen MR) is 107 cm³/mol. The predicted octanol–water partition coefficient (Wildman–Crippen LogP) is 5.63. The van der Waals surface area contributed by atoms with Crippen LogP contribution in [0.15, 0.2) is 78.2 Å². The number of benzene rings is 3. The molecule has 0 spiro atoms. The molecular formula is C22H15NO2S. The minimum atomic E-state index is -0.237.